The maximum atomic E-state index is 11.5. The van der Waals surface area contributed by atoms with Gasteiger partial charge in [0, 0.05) is 12.8 Å². The van der Waals surface area contributed by atoms with Gasteiger partial charge in [-0.15, -0.1) is 0 Å². The molecule has 0 saturated heterocycles. The molecule has 2 amide bonds. The predicted molar refractivity (Wildman–Crippen MR) is 69.6 cm³/mol. The standard InChI is InChI=1S/C13H19N3O2/c14-8-4-7-12(17)16-11(13(15)18)9-10-5-2-1-3-6-10/h1-3,5-6,11H,4,7-9,14H2,(H2,15,18)(H,16,17)/t11-/m0/s1. The molecule has 0 bridgehead atoms. The van der Waals surface area contributed by atoms with Crippen LogP contribution in [0.5, 0.6) is 0 Å². The molecule has 0 heterocycles. The molecule has 0 radical (unpaired) electrons. The van der Waals surface area contributed by atoms with Crippen LogP contribution in [0.2, 0.25) is 0 Å². The van der Waals surface area contributed by atoms with Crippen LogP contribution in [0.4, 0.5) is 0 Å². The van der Waals surface area contributed by atoms with Crippen molar-refractivity contribution in [1.82, 2.24) is 5.32 Å². The van der Waals surface area contributed by atoms with E-state index < -0.39 is 11.9 Å². The number of hydrogen-bond donors (Lipinski definition) is 3. The van der Waals surface area contributed by atoms with E-state index in [1.807, 2.05) is 30.3 Å². The number of rotatable bonds is 7. The highest BCUT2D eigenvalue weighted by Gasteiger charge is 2.17. The summed E-state index contributed by atoms with van der Waals surface area (Å²) in [5.41, 5.74) is 11.6. The van der Waals surface area contributed by atoms with E-state index in [4.69, 9.17) is 11.5 Å². The smallest absolute Gasteiger partial charge is 0.240 e. The van der Waals surface area contributed by atoms with Crippen LogP contribution in [0, 0.1) is 0 Å². The Morgan fingerprint density at radius 3 is 2.44 bits per heavy atom. The number of carbonyl (C=O) groups is 2. The average Bonchev–Trinajstić information content (AvgIpc) is 2.36. The Labute approximate surface area is 107 Å². The highest BCUT2D eigenvalue weighted by atomic mass is 16.2. The topological polar surface area (TPSA) is 98.2 Å². The van der Waals surface area contributed by atoms with Gasteiger partial charge in [-0.2, -0.15) is 0 Å². The van der Waals surface area contributed by atoms with E-state index in [9.17, 15) is 9.59 Å². The number of nitrogens with two attached hydrogens (primary N) is 2. The molecule has 0 spiro atoms. The summed E-state index contributed by atoms with van der Waals surface area (Å²) in [7, 11) is 0. The Kier molecular flexibility index (Phi) is 5.87. The van der Waals surface area contributed by atoms with Crippen molar-refractivity contribution in [1.29, 1.82) is 0 Å². The van der Waals surface area contributed by atoms with Crippen molar-refractivity contribution in [2.75, 3.05) is 6.54 Å². The zero-order valence-corrected chi connectivity index (χ0v) is 10.3. The molecule has 0 saturated carbocycles. The van der Waals surface area contributed by atoms with Crippen LogP contribution in [0.1, 0.15) is 18.4 Å². The Bertz CT molecular complexity index is 392. The lowest BCUT2D eigenvalue weighted by Crippen LogP contribution is -2.45. The van der Waals surface area contributed by atoms with Crippen LogP contribution >= 0.6 is 0 Å². The molecule has 1 aromatic carbocycles. The highest BCUT2D eigenvalue weighted by Crippen LogP contribution is 2.03. The molecule has 5 nitrogen and oxygen atoms in total. The lowest BCUT2D eigenvalue weighted by atomic mass is 10.1. The molecule has 98 valence electrons. The van der Waals surface area contributed by atoms with E-state index >= 15 is 0 Å². The third kappa shape index (κ3) is 4.97. The molecule has 5 N–H and O–H groups in total. The van der Waals surface area contributed by atoms with E-state index in [-0.39, 0.29) is 5.91 Å². The molecule has 0 aliphatic rings. The normalized spacial score (nSPS) is 11.8. The third-order valence-corrected chi connectivity index (χ3v) is 2.57. The first-order valence-electron chi connectivity index (χ1n) is 5.96. The minimum absolute atomic E-state index is 0.194. The fourth-order valence-corrected chi connectivity index (χ4v) is 1.60. The van der Waals surface area contributed by atoms with Crippen LogP contribution < -0.4 is 16.8 Å². The van der Waals surface area contributed by atoms with Gasteiger partial charge >= 0.3 is 0 Å². The van der Waals surface area contributed by atoms with Gasteiger partial charge < -0.3 is 16.8 Å². The number of benzene rings is 1. The molecule has 1 aromatic rings. The summed E-state index contributed by atoms with van der Waals surface area (Å²) in [5.74, 6) is -0.722. The van der Waals surface area contributed by atoms with Gasteiger partial charge in [0.1, 0.15) is 6.04 Å². The lowest BCUT2D eigenvalue weighted by Gasteiger charge is -2.15. The largest absolute Gasteiger partial charge is 0.368 e. The van der Waals surface area contributed by atoms with Crippen molar-refractivity contribution in [3.05, 3.63) is 35.9 Å². The molecule has 0 unspecified atom stereocenters. The van der Waals surface area contributed by atoms with Gasteiger partial charge in [0.2, 0.25) is 11.8 Å². The number of hydrogen-bond acceptors (Lipinski definition) is 3. The molecule has 0 fully saturated rings. The summed E-state index contributed by atoms with van der Waals surface area (Å²) in [6.45, 7) is 0.452. The van der Waals surface area contributed by atoms with E-state index in [2.05, 4.69) is 5.32 Å². The van der Waals surface area contributed by atoms with Crippen molar-refractivity contribution in [3.8, 4) is 0 Å². The third-order valence-electron chi connectivity index (χ3n) is 2.57. The second-order valence-corrected chi connectivity index (χ2v) is 4.10. The minimum atomic E-state index is -0.669. The first-order valence-corrected chi connectivity index (χ1v) is 5.96. The quantitative estimate of drug-likeness (QED) is 0.631. The molecule has 0 aliphatic carbocycles. The fourth-order valence-electron chi connectivity index (χ4n) is 1.60. The lowest BCUT2D eigenvalue weighted by molar-refractivity contribution is -0.127. The van der Waals surface area contributed by atoms with Crippen molar-refractivity contribution >= 4 is 11.8 Å². The first-order chi connectivity index (χ1) is 8.63. The molecule has 18 heavy (non-hydrogen) atoms. The van der Waals surface area contributed by atoms with E-state index in [0.29, 0.717) is 25.8 Å². The summed E-state index contributed by atoms with van der Waals surface area (Å²) in [4.78, 5) is 22.8. The fraction of sp³-hybridized carbons (Fsp3) is 0.385. The van der Waals surface area contributed by atoms with Crippen LogP contribution in [-0.2, 0) is 16.0 Å². The molecular formula is C13H19N3O2. The van der Waals surface area contributed by atoms with E-state index in [1.165, 1.54) is 0 Å². The van der Waals surface area contributed by atoms with Crippen molar-refractivity contribution in [2.24, 2.45) is 11.5 Å². The SMILES string of the molecule is NCCCC(=O)N[C@@H](Cc1ccccc1)C(N)=O. The second kappa shape index (κ2) is 7.45. The average molecular weight is 249 g/mol. The van der Waals surface area contributed by atoms with Gasteiger partial charge in [-0.1, -0.05) is 30.3 Å². The van der Waals surface area contributed by atoms with Gasteiger partial charge in [-0.05, 0) is 18.5 Å². The maximum absolute atomic E-state index is 11.5. The van der Waals surface area contributed by atoms with Crippen molar-refractivity contribution < 1.29 is 9.59 Å². The maximum Gasteiger partial charge on any atom is 0.240 e. The summed E-state index contributed by atoms with van der Waals surface area (Å²) in [5, 5.41) is 2.63. The van der Waals surface area contributed by atoms with Gasteiger partial charge in [0.15, 0.2) is 0 Å². The molecule has 0 aromatic heterocycles. The van der Waals surface area contributed by atoms with Crippen molar-refractivity contribution in [2.45, 2.75) is 25.3 Å². The number of primary amides is 1. The highest BCUT2D eigenvalue weighted by molar-refractivity contribution is 5.86. The van der Waals surface area contributed by atoms with Crippen LogP contribution in [0.25, 0.3) is 0 Å². The van der Waals surface area contributed by atoms with Gasteiger partial charge in [0.05, 0.1) is 0 Å². The zero-order valence-electron chi connectivity index (χ0n) is 10.3. The molecular weight excluding hydrogens is 230 g/mol. The second-order valence-electron chi connectivity index (χ2n) is 4.10. The summed E-state index contributed by atoms with van der Waals surface area (Å²) >= 11 is 0. The Morgan fingerprint density at radius 1 is 1.22 bits per heavy atom. The molecule has 1 rings (SSSR count). The van der Waals surface area contributed by atoms with Crippen molar-refractivity contribution in [3.63, 3.8) is 0 Å². The minimum Gasteiger partial charge on any atom is -0.368 e. The summed E-state index contributed by atoms with van der Waals surface area (Å²) in [6.07, 6.45) is 1.32. The number of amides is 2. The first kappa shape index (κ1) is 14.2. The monoisotopic (exact) mass is 249 g/mol. The molecule has 1 atom stereocenters. The van der Waals surface area contributed by atoms with E-state index in [0.717, 1.165) is 5.56 Å². The van der Waals surface area contributed by atoms with Crippen LogP contribution in [0.3, 0.4) is 0 Å². The Balaban J connectivity index is 2.55. The zero-order chi connectivity index (χ0) is 13.4. The summed E-state index contributed by atoms with van der Waals surface area (Å²) < 4.78 is 0. The van der Waals surface area contributed by atoms with Gasteiger partial charge in [-0.3, -0.25) is 9.59 Å². The number of carbonyl (C=O) groups excluding carboxylic acids is 2. The Hall–Kier alpha value is -1.88. The predicted octanol–water partition coefficient (Wildman–Crippen LogP) is -0.0619. The Morgan fingerprint density at radius 2 is 1.89 bits per heavy atom. The molecule has 0 aliphatic heterocycles. The van der Waals surface area contributed by atoms with Crippen LogP contribution in [0.15, 0.2) is 30.3 Å². The summed E-state index contributed by atoms with van der Waals surface area (Å²) in [6, 6.07) is 8.76. The van der Waals surface area contributed by atoms with Crippen LogP contribution in [-0.4, -0.2) is 24.4 Å². The number of nitrogens with one attached hydrogen (secondary N) is 1. The molecule has 5 heteroatoms. The van der Waals surface area contributed by atoms with Gasteiger partial charge in [0.25, 0.3) is 0 Å². The van der Waals surface area contributed by atoms with Gasteiger partial charge in [-0.25, -0.2) is 0 Å². The van der Waals surface area contributed by atoms with E-state index in [1.54, 1.807) is 0 Å².